The maximum atomic E-state index is 13.0. The largest absolute Gasteiger partial charge is 0.351 e. The number of aromatic nitrogens is 3. The van der Waals surface area contributed by atoms with Crippen LogP contribution in [0.25, 0.3) is 0 Å². The van der Waals surface area contributed by atoms with Gasteiger partial charge in [0.1, 0.15) is 0 Å². The Morgan fingerprint density at radius 2 is 2.08 bits per heavy atom. The lowest BCUT2D eigenvalue weighted by molar-refractivity contribution is -0.127. The number of fused-ring (bicyclic) bond motifs is 1. The quantitative estimate of drug-likeness (QED) is 0.482. The zero-order valence-electron chi connectivity index (χ0n) is 22.0. The molecule has 0 saturated carbocycles. The molecule has 2 atom stereocenters. The SMILES string of the molecule is CC1=NC=CC(C)(C(=O)NCc2cccc(CN(Cc3cncn3C)C3CCCc4cccnc43)c2)C1. The van der Waals surface area contributed by atoms with Crippen LogP contribution in [-0.4, -0.2) is 31.1 Å². The van der Waals surface area contributed by atoms with Gasteiger partial charge in [0.25, 0.3) is 0 Å². The molecule has 0 saturated heterocycles. The summed E-state index contributed by atoms with van der Waals surface area (Å²) in [6, 6.07) is 13.1. The summed E-state index contributed by atoms with van der Waals surface area (Å²) in [4.78, 5) is 29.0. The molecule has 0 radical (unpaired) electrons. The van der Waals surface area contributed by atoms with Crippen molar-refractivity contribution >= 4 is 11.6 Å². The van der Waals surface area contributed by atoms with Gasteiger partial charge in [-0.05, 0) is 55.9 Å². The first-order valence-electron chi connectivity index (χ1n) is 13.1. The number of nitrogens with zero attached hydrogens (tertiary/aromatic N) is 5. The van der Waals surface area contributed by atoms with Crippen molar-refractivity contribution in [2.45, 2.75) is 65.2 Å². The fourth-order valence-corrected chi connectivity index (χ4v) is 5.54. The van der Waals surface area contributed by atoms with E-state index in [0.717, 1.165) is 43.6 Å². The number of nitrogens with one attached hydrogen (secondary N) is 1. The molecule has 3 aromatic rings. The third kappa shape index (κ3) is 5.72. The van der Waals surface area contributed by atoms with E-state index < -0.39 is 5.41 Å². The molecule has 0 bridgehead atoms. The van der Waals surface area contributed by atoms with Crippen molar-refractivity contribution in [3.05, 3.63) is 95.5 Å². The average Bonchev–Trinajstić information content (AvgIpc) is 3.30. The minimum atomic E-state index is -0.551. The molecule has 1 N–H and O–H groups in total. The minimum absolute atomic E-state index is 0.0334. The molecule has 3 heterocycles. The van der Waals surface area contributed by atoms with Crippen LogP contribution < -0.4 is 5.32 Å². The van der Waals surface area contributed by atoms with Crippen molar-refractivity contribution in [1.82, 2.24) is 24.8 Å². The number of benzene rings is 1. The lowest BCUT2D eigenvalue weighted by atomic mass is 9.82. The van der Waals surface area contributed by atoms with Gasteiger partial charge >= 0.3 is 0 Å². The molecule has 2 aromatic heterocycles. The fraction of sp³-hybridized carbons (Fsp3) is 0.400. The number of imidazole rings is 1. The molecule has 1 aromatic carbocycles. The number of aryl methyl sites for hydroxylation is 2. The van der Waals surface area contributed by atoms with Crippen molar-refractivity contribution < 1.29 is 4.79 Å². The zero-order valence-corrected chi connectivity index (χ0v) is 22.0. The Kier molecular flexibility index (Phi) is 7.33. The molecule has 5 rings (SSSR count). The number of aliphatic imine (C=N–C) groups is 1. The highest BCUT2D eigenvalue weighted by Gasteiger charge is 2.32. The first kappa shape index (κ1) is 25.1. The Morgan fingerprint density at radius 3 is 2.89 bits per heavy atom. The van der Waals surface area contributed by atoms with E-state index in [1.54, 1.807) is 6.20 Å². The van der Waals surface area contributed by atoms with E-state index in [4.69, 9.17) is 4.98 Å². The van der Waals surface area contributed by atoms with Gasteiger partial charge in [0.15, 0.2) is 0 Å². The second kappa shape index (κ2) is 10.8. The second-order valence-corrected chi connectivity index (χ2v) is 10.6. The number of rotatable bonds is 8. The number of carbonyl (C=O) groups is 1. The molecule has 7 heteroatoms. The van der Waals surface area contributed by atoms with Gasteiger partial charge in [0.2, 0.25) is 5.91 Å². The van der Waals surface area contributed by atoms with Gasteiger partial charge in [-0.25, -0.2) is 4.98 Å². The molecule has 2 aliphatic rings. The first-order chi connectivity index (χ1) is 17.9. The predicted octanol–water partition coefficient (Wildman–Crippen LogP) is 4.90. The third-order valence-electron chi connectivity index (χ3n) is 7.60. The molecule has 1 aliphatic carbocycles. The molecule has 0 fully saturated rings. The van der Waals surface area contributed by atoms with E-state index in [9.17, 15) is 4.79 Å². The Bertz CT molecular complexity index is 1320. The molecule has 1 amide bonds. The fourth-order valence-electron chi connectivity index (χ4n) is 5.54. The molecular formula is C30H36N6O. The maximum Gasteiger partial charge on any atom is 0.230 e. The summed E-state index contributed by atoms with van der Waals surface area (Å²) in [7, 11) is 2.05. The van der Waals surface area contributed by atoms with E-state index >= 15 is 0 Å². The standard InChI is InChI=1S/C30H36N6O/c1-22-16-30(2,12-14-32-22)29(37)34-17-23-7-4-8-24(15-23)19-36(20-26-18-31-21-35(26)3)27-11-5-9-25-10-6-13-33-28(25)27/h4,6-8,10,12-15,18,21,27H,5,9,11,16-17,19-20H2,1-3H3,(H,34,37). The van der Waals surface area contributed by atoms with Gasteiger partial charge in [0, 0.05) is 57.4 Å². The minimum Gasteiger partial charge on any atom is -0.351 e. The van der Waals surface area contributed by atoms with Crippen molar-refractivity contribution in [2.24, 2.45) is 17.5 Å². The van der Waals surface area contributed by atoms with E-state index in [0.29, 0.717) is 13.0 Å². The van der Waals surface area contributed by atoms with Gasteiger partial charge in [0.05, 0.1) is 29.2 Å². The summed E-state index contributed by atoms with van der Waals surface area (Å²) in [5.74, 6) is 0.0334. The lowest BCUT2D eigenvalue weighted by Crippen LogP contribution is -2.39. The van der Waals surface area contributed by atoms with Crippen LogP contribution in [0, 0.1) is 5.41 Å². The maximum absolute atomic E-state index is 13.0. The van der Waals surface area contributed by atoms with Gasteiger partial charge in [-0.15, -0.1) is 0 Å². The summed E-state index contributed by atoms with van der Waals surface area (Å²) in [5, 5.41) is 3.15. The monoisotopic (exact) mass is 496 g/mol. The molecule has 1 aliphatic heterocycles. The molecule has 192 valence electrons. The van der Waals surface area contributed by atoms with Crippen molar-refractivity contribution in [3.8, 4) is 0 Å². The molecule has 0 spiro atoms. The Labute approximate surface area is 219 Å². The van der Waals surface area contributed by atoms with Crippen molar-refractivity contribution in [3.63, 3.8) is 0 Å². The van der Waals surface area contributed by atoms with E-state index in [1.807, 2.05) is 51.8 Å². The topological polar surface area (TPSA) is 75.4 Å². The van der Waals surface area contributed by atoms with Crippen LogP contribution in [0.4, 0.5) is 0 Å². The molecule has 37 heavy (non-hydrogen) atoms. The third-order valence-corrected chi connectivity index (χ3v) is 7.60. The molecule has 2 unspecified atom stereocenters. The first-order valence-corrected chi connectivity index (χ1v) is 13.1. The Balaban J connectivity index is 1.33. The summed E-state index contributed by atoms with van der Waals surface area (Å²) in [6.07, 6.45) is 13.4. The summed E-state index contributed by atoms with van der Waals surface area (Å²) in [5.41, 5.74) is 6.49. The number of pyridine rings is 1. The number of hydrogen-bond donors (Lipinski definition) is 1. The van der Waals surface area contributed by atoms with Crippen molar-refractivity contribution in [2.75, 3.05) is 0 Å². The molecular weight excluding hydrogens is 460 g/mol. The summed E-state index contributed by atoms with van der Waals surface area (Å²) in [6.45, 7) is 6.03. The second-order valence-electron chi connectivity index (χ2n) is 10.6. The zero-order chi connectivity index (χ0) is 25.8. The Hall–Kier alpha value is -3.58. The number of amides is 1. The predicted molar refractivity (Wildman–Crippen MR) is 146 cm³/mol. The number of carbonyl (C=O) groups excluding carboxylic acids is 1. The smallest absolute Gasteiger partial charge is 0.230 e. The van der Waals surface area contributed by atoms with Crippen LogP contribution in [0.3, 0.4) is 0 Å². The van der Waals surface area contributed by atoms with Crippen molar-refractivity contribution in [1.29, 1.82) is 0 Å². The van der Waals surface area contributed by atoms with E-state index in [1.165, 1.54) is 22.5 Å². The van der Waals surface area contributed by atoms with Crippen LogP contribution in [0.15, 0.2) is 72.4 Å². The summed E-state index contributed by atoms with van der Waals surface area (Å²) >= 11 is 0. The van der Waals surface area contributed by atoms with Gasteiger partial charge in [-0.1, -0.05) is 36.4 Å². The highest BCUT2D eigenvalue weighted by Crippen LogP contribution is 2.35. The Morgan fingerprint density at radius 1 is 1.22 bits per heavy atom. The van der Waals surface area contributed by atoms with Crippen LogP contribution >= 0.6 is 0 Å². The number of hydrogen-bond acceptors (Lipinski definition) is 5. The highest BCUT2D eigenvalue weighted by atomic mass is 16.2. The van der Waals surface area contributed by atoms with Gasteiger partial charge in [-0.2, -0.15) is 0 Å². The molecule has 7 nitrogen and oxygen atoms in total. The normalized spacial score (nSPS) is 21.0. The van der Waals surface area contributed by atoms with Crippen LogP contribution in [-0.2, 0) is 37.9 Å². The summed E-state index contributed by atoms with van der Waals surface area (Å²) < 4.78 is 2.09. The lowest BCUT2D eigenvalue weighted by Gasteiger charge is -2.35. The van der Waals surface area contributed by atoms with Crippen LogP contribution in [0.1, 0.15) is 67.2 Å². The van der Waals surface area contributed by atoms with E-state index in [-0.39, 0.29) is 11.9 Å². The van der Waals surface area contributed by atoms with E-state index in [2.05, 4.69) is 55.1 Å². The highest BCUT2D eigenvalue weighted by molar-refractivity contribution is 5.93. The average molecular weight is 497 g/mol. The van der Waals surface area contributed by atoms with Gasteiger partial charge < -0.3 is 9.88 Å². The van der Waals surface area contributed by atoms with Crippen LogP contribution in [0.5, 0.6) is 0 Å². The van der Waals surface area contributed by atoms with Gasteiger partial charge in [-0.3, -0.25) is 19.7 Å². The van der Waals surface area contributed by atoms with Crippen LogP contribution in [0.2, 0.25) is 0 Å².